The van der Waals surface area contributed by atoms with Crippen LogP contribution in [0.2, 0.25) is 10.0 Å². The number of aromatic nitrogens is 1. The fourth-order valence-electron chi connectivity index (χ4n) is 1.79. The predicted molar refractivity (Wildman–Crippen MR) is 67.8 cm³/mol. The summed E-state index contributed by atoms with van der Waals surface area (Å²) in [5.74, 6) is -0.909. The molecule has 0 saturated carbocycles. The van der Waals surface area contributed by atoms with E-state index in [0.29, 0.717) is 26.5 Å². The van der Waals surface area contributed by atoms with Crippen molar-refractivity contribution in [1.29, 1.82) is 0 Å². The minimum Gasteiger partial charge on any atom is -0.481 e. The zero-order valence-electron chi connectivity index (χ0n) is 9.00. The van der Waals surface area contributed by atoms with Crippen molar-refractivity contribution in [3.8, 4) is 0 Å². The fraction of sp³-hybridized carbons (Fsp3) is 0.167. The number of fused-ring (bicyclic) bond motifs is 1. The van der Waals surface area contributed by atoms with Crippen molar-refractivity contribution in [3.63, 3.8) is 0 Å². The number of carboxylic acid groups (broad SMARTS) is 1. The van der Waals surface area contributed by atoms with Gasteiger partial charge in [-0.25, -0.2) is 0 Å². The number of hydrogen-bond donors (Lipinski definition) is 1. The Morgan fingerprint density at radius 1 is 1.35 bits per heavy atom. The molecule has 0 saturated heterocycles. The summed E-state index contributed by atoms with van der Waals surface area (Å²) < 4.78 is 0. The Kier molecular flexibility index (Phi) is 3.22. The summed E-state index contributed by atoms with van der Waals surface area (Å²) in [6, 6.07) is 5.02. The van der Waals surface area contributed by atoms with Crippen LogP contribution in [0.5, 0.6) is 0 Å². The van der Waals surface area contributed by atoms with Gasteiger partial charge in [0.15, 0.2) is 0 Å². The molecule has 2 aromatic rings. The molecule has 0 amide bonds. The molecule has 0 radical (unpaired) electrons. The molecular weight excluding hydrogens is 261 g/mol. The maximum atomic E-state index is 10.8. The molecule has 88 valence electrons. The molecule has 1 aromatic carbocycles. The Labute approximate surface area is 108 Å². The molecule has 0 fully saturated rings. The summed E-state index contributed by atoms with van der Waals surface area (Å²) in [6.07, 6.45) is -0.0973. The molecule has 0 unspecified atom stereocenters. The Morgan fingerprint density at radius 3 is 2.65 bits per heavy atom. The van der Waals surface area contributed by atoms with Crippen LogP contribution in [0, 0.1) is 6.92 Å². The van der Waals surface area contributed by atoms with Crippen molar-refractivity contribution in [3.05, 3.63) is 39.5 Å². The van der Waals surface area contributed by atoms with Crippen molar-refractivity contribution >= 4 is 40.1 Å². The Bertz CT molecular complexity index is 611. The van der Waals surface area contributed by atoms with Gasteiger partial charge < -0.3 is 5.11 Å². The first kappa shape index (κ1) is 12.1. The minimum atomic E-state index is -0.909. The van der Waals surface area contributed by atoms with Crippen molar-refractivity contribution in [2.24, 2.45) is 0 Å². The van der Waals surface area contributed by atoms with Crippen LogP contribution < -0.4 is 0 Å². The third-order valence-corrected chi connectivity index (χ3v) is 3.03. The summed E-state index contributed by atoms with van der Waals surface area (Å²) in [5, 5.41) is 10.4. The molecular formula is C12H9Cl2NO2. The number of hydrogen-bond acceptors (Lipinski definition) is 2. The van der Waals surface area contributed by atoms with Crippen molar-refractivity contribution in [1.82, 2.24) is 4.98 Å². The number of carboxylic acids is 1. The molecule has 5 heteroatoms. The average Bonchev–Trinajstić information content (AvgIpc) is 2.22. The van der Waals surface area contributed by atoms with Crippen LogP contribution in [-0.4, -0.2) is 16.1 Å². The van der Waals surface area contributed by atoms with Gasteiger partial charge >= 0.3 is 5.97 Å². The molecule has 0 aliphatic rings. The van der Waals surface area contributed by atoms with Gasteiger partial charge in [0.05, 0.1) is 22.0 Å². The van der Waals surface area contributed by atoms with Crippen molar-refractivity contribution in [2.45, 2.75) is 13.3 Å². The molecule has 0 spiro atoms. The van der Waals surface area contributed by atoms with Crippen LogP contribution in [0.15, 0.2) is 18.2 Å². The smallest absolute Gasteiger partial charge is 0.307 e. The van der Waals surface area contributed by atoms with E-state index in [1.807, 2.05) is 0 Å². The maximum Gasteiger partial charge on any atom is 0.307 e. The van der Waals surface area contributed by atoms with Crippen LogP contribution in [0.4, 0.5) is 0 Å². The third-order valence-electron chi connectivity index (χ3n) is 2.41. The molecule has 1 N–H and O–H groups in total. The van der Waals surface area contributed by atoms with E-state index in [-0.39, 0.29) is 6.42 Å². The highest BCUT2D eigenvalue weighted by molar-refractivity contribution is 6.40. The maximum absolute atomic E-state index is 10.8. The van der Waals surface area contributed by atoms with Crippen molar-refractivity contribution < 1.29 is 9.90 Å². The second-order valence-corrected chi connectivity index (χ2v) is 4.56. The van der Waals surface area contributed by atoms with Crippen LogP contribution in [0.1, 0.15) is 11.3 Å². The van der Waals surface area contributed by atoms with Crippen LogP contribution in [0.25, 0.3) is 10.9 Å². The summed E-state index contributed by atoms with van der Waals surface area (Å²) in [5.41, 5.74) is 1.90. The zero-order chi connectivity index (χ0) is 12.6. The Morgan fingerprint density at radius 2 is 2.00 bits per heavy atom. The standard InChI is InChI=1S/C12H9Cl2NO2/c1-6-4-7(5-10(16)17)11-8(13)2-3-9(14)12(11)15-6/h2-4H,5H2,1H3,(H,16,17). The average molecular weight is 270 g/mol. The van der Waals surface area contributed by atoms with E-state index in [1.165, 1.54) is 0 Å². The van der Waals surface area contributed by atoms with Gasteiger partial charge in [-0.3, -0.25) is 9.78 Å². The third kappa shape index (κ3) is 2.35. The summed E-state index contributed by atoms with van der Waals surface area (Å²) in [6.45, 7) is 1.79. The van der Waals surface area contributed by atoms with Gasteiger partial charge in [-0.05, 0) is 30.7 Å². The van der Waals surface area contributed by atoms with Gasteiger partial charge in [0.25, 0.3) is 0 Å². The van der Waals surface area contributed by atoms with Gasteiger partial charge in [0.2, 0.25) is 0 Å². The quantitative estimate of drug-likeness (QED) is 0.908. The van der Waals surface area contributed by atoms with E-state index in [0.717, 1.165) is 5.69 Å². The molecule has 2 rings (SSSR count). The summed E-state index contributed by atoms with van der Waals surface area (Å²) >= 11 is 12.1. The molecule has 0 bridgehead atoms. The van der Waals surface area contributed by atoms with Gasteiger partial charge in [0.1, 0.15) is 0 Å². The normalized spacial score (nSPS) is 10.8. The largest absolute Gasteiger partial charge is 0.481 e. The number of aryl methyl sites for hydroxylation is 1. The Hall–Kier alpha value is -1.32. The minimum absolute atomic E-state index is 0.0973. The zero-order valence-corrected chi connectivity index (χ0v) is 10.5. The van der Waals surface area contributed by atoms with E-state index >= 15 is 0 Å². The first-order chi connectivity index (χ1) is 7.99. The fourth-order valence-corrected chi connectivity index (χ4v) is 2.26. The second kappa shape index (κ2) is 4.51. The lowest BCUT2D eigenvalue weighted by Gasteiger charge is -2.08. The second-order valence-electron chi connectivity index (χ2n) is 3.75. The van der Waals surface area contributed by atoms with E-state index in [2.05, 4.69) is 4.98 Å². The SMILES string of the molecule is Cc1cc(CC(=O)O)c2c(Cl)ccc(Cl)c2n1. The predicted octanol–water partition coefficient (Wildman–Crippen LogP) is 3.48. The molecule has 0 aliphatic carbocycles. The number of benzene rings is 1. The number of halogens is 2. The molecule has 1 heterocycles. The number of carbonyl (C=O) groups is 1. The highest BCUT2D eigenvalue weighted by atomic mass is 35.5. The molecule has 3 nitrogen and oxygen atoms in total. The number of aliphatic carboxylic acids is 1. The molecule has 17 heavy (non-hydrogen) atoms. The summed E-state index contributed by atoms with van der Waals surface area (Å²) in [7, 11) is 0. The van der Waals surface area contributed by atoms with Gasteiger partial charge in [0, 0.05) is 11.1 Å². The van der Waals surface area contributed by atoms with Crippen LogP contribution in [0.3, 0.4) is 0 Å². The highest BCUT2D eigenvalue weighted by Crippen LogP contribution is 2.31. The first-order valence-corrected chi connectivity index (χ1v) is 5.70. The van der Waals surface area contributed by atoms with E-state index in [9.17, 15) is 4.79 Å². The monoisotopic (exact) mass is 269 g/mol. The topological polar surface area (TPSA) is 50.2 Å². The lowest BCUT2D eigenvalue weighted by molar-refractivity contribution is -0.136. The number of rotatable bonds is 2. The lowest BCUT2D eigenvalue weighted by Crippen LogP contribution is -2.02. The highest BCUT2D eigenvalue weighted by Gasteiger charge is 2.13. The van der Waals surface area contributed by atoms with Crippen LogP contribution in [-0.2, 0) is 11.2 Å². The van der Waals surface area contributed by atoms with Crippen molar-refractivity contribution in [2.75, 3.05) is 0 Å². The lowest BCUT2D eigenvalue weighted by atomic mass is 10.0. The molecule has 1 aromatic heterocycles. The van der Waals surface area contributed by atoms with E-state index in [1.54, 1.807) is 25.1 Å². The molecule has 0 aliphatic heterocycles. The van der Waals surface area contributed by atoms with Gasteiger partial charge in [-0.2, -0.15) is 0 Å². The van der Waals surface area contributed by atoms with E-state index in [4.69, 9.17) is 28.3 Å². The van der Waals surface area contributed by atoms with Gasteiger partial charge in [-0.1, -0.05) is 23.2 Å². The van der Waals surface area contributed by atoms with Gasteiger partial charge in [-0.15, -0.1) is 0 Å². The Balaban J connectivity index is 2.82. The number of pyridine rings is 1. The number of nitrogens with zero attached hydrogens (tertiary/aromatic N) is 1. The summed E-state index contributed by atoms with van der Waals surface area (Å²) in [4.78, 5) is 15.1. The first-order valence-electron chi connectivity index (χ1n) is 4.95. The van der Waals surface area contributed by atoms with E-state index < -0.39 is 5.97 Å². The molecule has 0 atom stereocenters. The van der Waals surface area contributed by atoms with Crippen LogP contribution >= 0.6 is 23.2 Å².